The number of furan rings is 1. The third-order valence-corrected chi connectivity index (χ3v) is 1.43. The number of alkyl halides is 1. The molecule has 1 rings (SSSR count). The predicted molar refractivity (Wildman–Crippen MR) is 49.0 cm³/mol. The van der Waals surface area contributed by atoms with Gasteiger partial charge in [-0.15, -0.1) is 11.6 Å². The maximum absolute atomic E-state index is 5.38. The van der Waals surface area contributed by atoms with Gasteiger partial charge in [-0.2, -0.15) is 0 Å². The van der Waals surface area contributed by atoms with Crippen LogP contribution in [0.5, 0.6) is 0 Å². The van der Waals surface area contributed by atoms with Crippen molar-refractivity contribution in [3.05, 3.63) is 24.7 Å². The Bertz CT molecular complexity index is 105. The van der Waals surface area contributed by atoms with Gasteiger partial charge in [0.25, 0.3) is 0 Å². The van der Waals surface area contributed by atoms with Crippen LogP contribution in [0.3, 0.4) is 0 Å². The maximum atomic E-state index is 5.38. The molecule has 0 amide bonds. The van der Waals surface area contributed by atoms with E-state index in [1.807, 2.05) is 12.1 Å². The summed E-state index contributed by atoms with van der Waals surface area (Å²) in [5, 5.41) is 0. The molecule has 1 nitrogen and oxygen atoms in total. The highest BCUT2D eigenvalue weighted by molar-refractivity contribution is 6.17. The quantitative estimate of drug-likeness (QED) is 0.503. The second kappa shape index (κ2) is 9.57. The first-order valence-corrected chi connectivity index (χ1v) is 4.48. The Hall–Kier alpha value is -0.430. The van der Waals surface area contributed by atoms with Crippen molar-refractivity contribution in [2.24, 2.45) is 0 Å². The lowest BCUT2D eigenvalue weighted by atomic mass is 10.3. The van der Waals surface area contributed by atoms with Crippen LogP contribution in [0.15, 0.2) is 29.1 Å². The number of halogens is 1. The molecule has 0 bridgehead atoms. The number of unbranched alkanes of at least 4 members (excludes halogenated alkanes) is 2. The molecule has 0 saturated heterocycles. The fourth-order valence-electron chi connectivity index (χ4n) is 0.571. The van der Waals surface area contributed by atoms with Gasteiger partial charge in [-0.05, 0) is 18.6 Å². The summed E-state index contributed by atoms with van der Waals surface area (Å²) in [5.74, 6) is 0.827. The zero-order chi connectivity index (χ0) is 8.36. The van der Waals surface area contributed by atoms with Crippen molar-refractivity contribution in [2.75, 3.05) is 5.88 Å². The lowest BCUT2D eigenvalue weighted by Crippen LogP contribution is -1.70. The van der Waals surface area contributed by atoms with Gasteiger partial charge < -0.3 is 4.42 Å². The molecule has 2 heteroatoms. The minimum absolute atomic E-state index is 0.827. The molecule has 0 atom stereocenters. The molecule has 0 aliphatic rings. The number of hydrogen-bond donors (Lipinski definition) is 0. The average molecular weight is 175 g/mol. The molecule has 0 aliphatic heterocycles. The van der Waals surface area contributed by atoms with Gasteiger partial charge in [-0.1, -0.05) is 19.8 Å². The van der Waals surface area contributed by atoms with E-state index in [0.717, 1.165) is 5.88 Å². The molecule has 64 valence electrons. The monoisotopic (exact) mass is 174 g/mol. The van der Waals surface area contributed by atoms with E-state index < -0.39 is 0 Å². The average Bonchev–Trinajstić information content (AvgIpc) is 2.57. The summed E-state index contributed by atoms with van der Waals surface area (Å²) >= 11 is 5.38. The van der Waals surface area contributed by atoms with Gasteiger partial charge >= 0.3 is 0 Å². The van der Waals surface area contributed by atoms with E-state index in [2.05, 4.69) is 11.3 Å². The second-order valence-corrected chi connectivity index (χ2v) is 2.57. The molecule has 0 spiro atoms. The maximum Gasteiger partial charge on any atom is 0.0902 e. The Morgan fingerprint density at radius 3 is 2.00 bits per heavy atom. The van der Waals surface area contributed by atoms with Crippen molar-refractivity contribution in [1.82, 2.24) is 0 Å². The molecule has 0 unspecified atom stereocenters. The molecule has 1 aromatic heterocycles. The van der Waals surface area contributed by atoms with Gasteiger partial charge in [0.05, 0.1) is 12.5 Å². The zero-order valence-corrected chi connectivity index (χ0v) is 7.68. The molecule has 11 heavy (non-hydrogen) atoms. The summed E-state index contributed by atoms with van der Waals surface area (Å²) in [7, 11) is 0. The van der Waals surface area contributed by atoms with Gasteiger partial charge in [0.1, 0.15) is 0 Å². The number of hydrogen-bond acceptors (Lipinski definition) is 1. The van der Waals surface area contributed by atoms with Crippen molar-refractivity contribution in [3.8, 4) is 0 Å². The Labute approximate surface area is 73.4 Å². The standard InChI is InChI=1S/C5H11Cl.C4H4O/c1-2-3-4-5-6;1-2-4-5-3-1/h2-5H2,1H3;1-4H. The van der Waals surface area contributed by atoms with Crippen LogP contribution in [-0.2, 0) is 0 Å². The fourth-order valence-corrected chi connectivity index (χ4v) is 0.760. The fraction of sp³-hybridized carbons (Fsp3) is 0.556. The summed E-state index contributed by atoms with van der Waals surface area (Å²) < 4.78 is 4.58. The van der Waals surface area contributed by atoms with Crippen LogP contribution in [-0.4, -0.2) is 5.88 Å². The molecule has 1 heterocycles. The third-order valence-electron chi connectivity index (χ3n) is 1.16. The minimum Gasteiger partial charge on any atom is -0.473 e. The van der Waals surface area contributed by atoms with E-state index >= 15 is 0 Å². The van der Waals surface area contributed by atoms with Crippen molar-refractivity contribution < 1.29 is 4.42 Å². The molecule has 0 fully saturated rings. The van der Waals surface area contributed by atoms with Gasteiger partial charge in [-0.25, -0.2) is 0 Å². The molecule has 0 N–H and O–H groups in total. The number of rotatable bonds is 3. The van der Waals surface area contributed by atoms with E-state index in [9.17, 15) is 0 Å². The molecule has 0 aliphatic carbocycles. The Balaban J connectivity index is 0.000000183. The van der Waals surface area contributed by atoms with E-state index in [1.165, 1.54) is 19.3 Å². The van der Waals surface area contributed by atoms with Crippen molar-refractivity contribution in [2.45, 2.75) is 26.2 Å². The summed E-state index contributed by atoms with van der Waals surface area (Å²) in [6, 6.07) is 3.67. The smallest absolute Gasteiger partial charge is 0.0902 e. The van der Waals surface area contributed by atoms with Crippen molar-refractivity contribution in [1.29, 1.82) is 0 Å². The summed E-state index contributed by atoms with van der Waals surface area (Å²) in [6.45, 7) is 2.17. The molecular weight excluding hydrogens is 160 g/mol. The predicted octanol–water partition coefficient (Wildman–Crippen LogP) is 3.70. The van der Waals surface area contributed by atoms with Crippen LogP contribution in [0.25, 0.3) is 0 Å². The zero-order valence-electron chi connectivity index (χ0n) is 6.92. The minimum atomic E-state index is 0.827. The molecule has 1 aromatic rings. The SMILES string of the molecule is CCCCCCl.c1ccoc1. The largest absolute Gasteiger partial charge is 0.473 e. The van der Waals surface area contributed by atoms with Crippen LogP contribution in [0, 0.1) is 0 Å². The Morgan fingerprint density at radius 1 is 1.18 bits per heavy atom. The highest BCUT2D eigenvalue weighted by Crippen LogP contribution is 1.93. The second-order valence-electron chi connectivity index (χ2n) is 2.19. The first-order valence-electron chi connectivity index (χ1n) is 3.95. The summed E-state index contributed by atoms with van der Waals surface area (Å²) in [6.07, 6.45) is 6.98. The van der Waals surface area contributed by atoms with Gasteiger partial charge in [0, 0.05) is 5.88 Å². The van der Waals surface area contributed by atoms with Crippen molar-refractivity contribution in [3.63, 3.8) is 0 Å². The Kier molecular flexibility index (Phi) is 9.20. The van der Waals surface area contributed by atoms with Gasteiger partial charge in [0.15, 0.2) is 0 Å². The van der Waals surface area contributed by atoms with E-state index in [1.54, 1.807) is 12.5 Å². The molecular formula is C9H15ClO. The Morgan fingerprint density at radius 2 is 1.82 bits per heavy atom. The summed E-state index contributed by atoms with van der Waals surface area (Å²) in [4.78, 5) is 0. The van der Waals surface area contributed by atoms with E-state index in [0.29, 0.717) is 0 Å². The van der Waals surface area contributed by atoms with E-state index in [4.69, 9.17) is 11.6 Å². The first-order chi connectivity index (χ1) is 5.41. The van der Waals surface area contributed by atoms with Crippen LogP contribution < -0.4 is 0 Å². The topological polar surface area (TPSA) is 13.1 Å². The normalized spacial score (nSPS) is 8.55. The van der Waals surface area contributed by atoms with E-state index in [-0.39, 0.29) is 0 Å². The third kappa shape index (κ3) is 9.57. The van der Waals surface area contributed by atoms with Crippen LogP contribution in [0.2, 0.25) is 0 Å². The first kappa shape index (κ1) is 10.6. The lowest BCUT2D eigenvalue weighted by Gasteiger charge is -1.84. The van der Waals surface area contributed by atoms with Crippen molar-refractivity contribution >= 4 is 11.6 Å². The highest BCUT2D eigenvalue weighted by Gasteiger charge is 1.76. The van der Waals surface area contributed by atoms with Gasteiger partial charge in [-0.3, -0.25) is 0 Å². The van der Waals surface area contributed by atoms with Crippen LogP contribution in [0.1, 0.15) is 26.2 Å². The lowest BCUT2D eigenvalue weighted by molar-refractivity contribution is 0.567. The van der Waals surface area contributed by atoms with Crippen LogP contribution in [0.4, 0.5) is 0 Å². The molecule has 0 aromatic carbocycles. The van der Waals surface area contributed by atoms with Crippen LogP contribution >= 0.6 is 11.6 Å². The highest BCUT2D eigenvalue weighted by atomic mass is 35.5. The molecule has 0 radical (unpaired) electrons. The van der Waals surface area contributed by atoms with Gasteiger partial charge in [0.2, 0.25) is 0 Å². The molecule has 0 saturated carbocycles. The summed E-state index contributed by atoms with van der Waals surface area (Å²) in [5.41, 5.74) is 0.